The minimum Gasteiger partial charge on any atom is -0.0530 e. The van der Waals surface area contributed by atoms with Gasteiger partial charge in [-0.15, -0.1) is 0 Å². The average molecular weight is 178 g/mol. The van der Waals surface area contributed by atoms with Crippen molar-refractivity contribution in [1.29, 1.82) is 0 Å². The summed E-state index contributed by atoms with van der Waals surface area (Å²) in [6.07, 6.45) is 14.2. The van der Waals surface area contributed by atoms with Crippen molar-refractivity contribution in [2.45, 2.75) is 57.8 Å². The Hall–Kier alpha value is 0. The van der Waals surface area contributed by atoms with E-state index in [-0.39, 0.29) is 0 Å². The van der Waals surface area contributed by atoms with Crippen LogP contribution >= 0.6 is 0 Å². The van der Waals surface area contributed by atoms with Crippen molar-refractivity contribution in [3.63, 3.8) is 0 Å². The van der Waals surface area contributed by atoms with E-state index in [0.717, 1.165) is 11.8 Å². The topological polar surface area (TPSA) is 0 Å². The first-order valence-corrected chi connectivity index (χ1v) is 6.43. The van der Waals surface area contributed by atoms with Crippen molar-refractivity contribution in [1.82, 2.24) is 0 Å². The zero-order valence-corrected chi connectivity index (χ0v) is 8.67. The van der Waals surface area contributed by atoms with Gasteiger partial charge in [0.25, 0.3) is 0 Å². The Morgan fingerprint density at radius 3 is 1.62 bits per heavy atom. The molecular formula is C13H22. The number of rotatable bonds is 0. The zero-order valence-electron chi connectivity index (χ0n) is 8.67. The molecule has 0 heterocycles. The molecule has 0 aromatic heterocycles. The van der Waals surface area contributed by atoms with Crippen molar-refractivity contribution < 1.29 is 0 Å². The molecule has 0 aromatic rings. The number of fused-ring (bicyclic) bond motifs is 2. The molecule has 0 N–H and O–H groups in total. The van der Waals surface area contributed by atoms with Gasteiger partial charge in [0.05, 0.1) is 0 Å². The van der Waals surface area contributed by atoms with Gasteiger partial charge in [0.15, 0.2) is 0 Å². The Morgan fingerprint density at radius 1 is 0.462 bits per heavy atom. The van der Waals surface area contributed by atoms with E-state index in [4.69, 9.17) is 0 Å². The van der Waals surface area contributed by atoms with Gasteiger partial charge in [-0.2, -0.15) is 0 Å². The molecule has 0 spiro atoms. The van der Waals surface area contributed by atoms with Crippen LogP contribution in [0.15, 0.2) is 0 Å². The van der Waals surface area contributed by atoms with Crippen molar-refractivity contribution in [2.24, 2.45) is 23.7 Å². The lowest BCUT2D eigenvalue weighted by Gasteiger charge is -2.37. The molecule has 0 nitrogen and oxygen atoms in total. The number of hydrogen-bond acceptors (Lipinski definition) is 0. The monoisotopic (exact) mass is 178 g/mol. The van der Waals surface area contributed by atoms with Crippen LogP contribution in [0.2, 0.25) is 0 Å². The van der Waals surface area contributed by atoms with Crippen LogP contribution < -0.4 is 0 Å². The SMILES string of the molecule is C1CCC2CC3CCC3CCC2C1. The molecule has 4 atom stereocenters. The molecule has 0 radical (unpaired) electrons. The highest BCUT2D eigenvalue weighted by Crippen LogP contribution is 2.50. The summed E-state index contributed by atoms with van der Waals surface area (Å²) < 4.78 is 0. The maximum Gasteiger partial charge on any atom is -0.0383 e. The summed E-state index contributed by atoms with van der Waals surface area (Å²) in [5.74, 6) is 4.65. The van der Waals surface area contributed by atoms with Crippen LogP contribution in [-0.2, 0) is 0 Å². The van der Waals surface area contributed by atoms with Gasteiger partial charge in [0, 0.05) is 0 Å². The molecule has 0 heteroatoms. The third-order valence-corrected chi connectivity index (χ3v) is 5.16. The highest BCUT2D eigenvalue weighted by atomic mass is 14.4. The van der Waals surface area contributed by atoms with E-state index in [2.05, 4.69) is 0 Å². The van der Waals surface area contributed by atoms with Gasteiger partial charge < -0.3 is 0 Å². The molecule has 3 saturated carbocycles. The summed E-state index contributed by atoms with van der Waals surface area (Å²) in [5.41, 5.74) is 0. The molecule has 3 aliphatic carbocycles. The maximum absolute atomic E-state index is 1.62. The van der Waals surface area contributed by atoms with E-state index in [1.54, 1.807) is 51.4 Å². The van der Waals surface area contributed by atoms with Gasteiger partial charge in [-0.3, -0.25) is 0 Å². The van der Waals surface area contributed by atoms with Gasteiger partial charge in [-0.1, -0.05) is 25.7 Å². The molecular weight excluding hydrogens is 156 g/mol. The van der Waals surface area contributed by atoms with E-state index >= 15 is 0 Å². The Kier molecular flexibility index (Phi) is 2.11. The standard InChI is InChI=1S/C13H22/c1-2-4-12-9-13-8-7-11(13)6-5-10(12)3-1/h10-13H,1-9H2. The lowest BCUT2D eigenvalue weighted by Crippen LogP contribution is -2.26. The van der Waals surface area contributed by atoms with Crippen LogP contribution in [0.3, 0.4) is 0 Å². The second kappa shape index (κ2) is 3.29. The second-order valence-electron chi connectivity index (χ2n) is 5.72. The fourth-order valence-electron chi connectivity index (χ4n) is 4.12. The van der Waals surface area contributed by atoms with Crippen LogP contribution in [0.1, 0.15) is 57.8 Å². The fraction of sp³-hybridized carbons (Fsp3) is 1.00. The zero-order chi connectivity index (χ0) is 8.67. The lowest BCUT2D eigenvalue weighted by molar-refractivity contribution is 0.139. The summed E-state index contributed by atoms with van der Waals surface area (Å²) in [7, 11) is 0. The number of hydrogen-bond donors (Lipinski definition) is 0. The third kappa shape index (κ3) is 1.43. The molecule has 0 aliphatic heterocycles. The van der Waals surface area contributed by atoms with Crippen LogP contribution in [0.25, 0.3) is 0 Å². The normalized spacial score (nSPS) is 49.8. The van der Waals surface area contributed by atoms with Gasteiger partial charge in [0.1, 0.15) is 0 Å². The minimum atomic E-state index is 1.15. The Labute approximate surface area is 82.1 Å². The Bertz CT molecular complexity index is 184. The molecule has 0 bridgehead atoms. The maximum atomic E-state index is 1.62. The second-order valence-corrected chi connectivity index (χ2v) is 5.72. The van der Waals surface area contributed by atoms with Crippen molar-refractivity contribution in [3.8, 4) is 0 Å². The first-order valence-electron chi connectivity index (χ1n) is 6.43. The highest BCUT2D eigenvalue weighted by Gasteiger charge is 2.38. The average Bonchev–Trinajstić information content (AvgIpc) is 2.25. The van der Waals surface area contributed by atoms with Gasteiger partial charge in [-0.05, 0) is 55.8 Å². The lowest BCUT2D eigenvalue weighted by atomic mass is 9.69. The first-order chi connectivity index (χ1) is 6.43. The summed E-state index contributed by atoms with van der Waals surface area (Å²) in [6.45, 7) is 0. The summed E-state index contributed by atoms with van der Waals surface area (Å²) in [5, 5.41) is 0. The Morgan fingerprint density at radius 2 is 0.923 bits per heavy atom. The van der Waals surface area contributed by atoms with Crippen LogP contribution in [0.4, 0.5) is 0 Å². The van der Waals surface area contributed by atoms with Crippen molar-refractivity contribution in [2.75, 3.05) is 0 Å². The molecule has 0 saturated heterocycles. The van der Waals surface area contributed by atoms with Gasteiger partial charge in [0.2, 0.25) is 0 Å². The molecule has 3 rings (SSSR count). The molecule has 3 aliphatic rings. The molecule has 0 amide bonds. The molecule has 0 aromatic carbocycles. The van der Waals surface area contributed by atoms with E-state index in [9.17, 15) is 0 Å². The minimum absolute atomic E-state index is 1.15. The predicted molar refractivity (Wildman–Crippen MR) is 55.5 cm³/mol. The molecule has 13 heavy (non-hydrogen) atoms. The van der Waals surface area contributed by atoms with Crippen molar-refractivity contribution in [3.05, 3.63) is 0 Å². The summed E-state index contributed by atoms with van der Waals surface area (Å²) in [6, 6.07) is 0. The van der Waals surface area contributed by atoms with Gasteiger partial charge >= 0.3 is 0 Å². The predicted octanol–water partition coefficient (Wildman–Crippen LogP) is 4.00. The highest BCUT2D eigenvalue weighted by molar-refractivity contribution is 4.89. The Balaban J connectivity index is 1.70. The molecule has 3 fully saturated rings. The fourth-order valence-corrected chi connectivity index (χ4v) is 4.12. The van der Waals surface area contributed by atoms with E-state index in [1.165, 1.54) is 18.3 Å². The van der Waals surface area contributed by atoms with Crippen molar-refractivity contribution >= 4 is 0 Å². The first kappa shape index (κ1) is 8.32. The van der Waals surface area contributed by atoms with Crippen LogP contribution in [-0.4, -0.2) is 0 Å². The van der Waals surface area contributed by atoms with E-state index < -0.39 is 0 Å². The van der Waals surface area contributed by atoms with E-state index in [1.807, 2.05) is 0 Å². The largest absolute Gasteiger partial charge is 0.0530 e. The van der Waals surface area contributed by atoms with Crippen LogP contribution in [0.5, 0.6) is 0 Å². The van der Waals surface area contributed by atoms with Gasteiger partial charge in [-0.25, -0.2) is 0 Å². The summed E-state index contributed by atoms with van der Waals surface area (Å²) in [4.78, 5) is 0. The quantitative estimate of drug-likeness (QED) is 0.526. The smallest absolute Gasteiger partial charge is 0.0383 e. The third-order valence-electron chi connectivity index (χ3n) is 5.16. The van der Waals surface area contributed by atoms with E-state index in [0.29, 0.717) is 0 Å². The molecule has 4 unspecified atom stereocenters. The molecule has 74 valence electrons. The summed E-state index contributed by atoms with van der Waals surface area (Å²) >= 11 is 0. The van der Waals surface area contributed by atoms with Crippen LogP contribution in [0, 0.1) is 23.7 Å².